The molecule has 19 heavy (non-hydrogen) atoms. The lowest BCUT2D eigenvalue weighted by molar-refractivity contribution is 0.214. The lowest BCUT2D eigenvalue weighted by Gasteiger charge is -2.41. The molecule has 1 aromatic rings. The smallest absolute Gasteiger partial charge is 0.241 e. The maximum Gasteiger partial charge on any atom is 0.241 e. The third-order valence-corrected chi connectivity index (χ3v) is 5.89. The molecule has 0 aliphatic heterocycles. The van der Waals surface area contributed by atoms with Crippen molar-refractivity contribution in [3.63, 3.8) is 0 Å². The molecule has 0 bridgehead atoms. The number of rotatable bonds is 4. The molecule has 0 amide bonds. The van der Waals surface area contributed by atoms with Crippen LogP contribution in [0.15, 0.2) is 17.0 Å². The molecule has 0 spiro atoms. The van der Waals surface area contributed by atoms with Crippen molar-refractivity contribution in [3.05, 3.63) is 23.3 Å². The molecule has 2 rings (SSSR count). The molecule has 1 fully saturated rings. The first-order valence-electron chi connectivity index (χ1n) is 6.70. The van der Waals surface area contributed by atoms with Crippen LogP contribution in [0.2, 0.25) is 0 Å². The van der Waals surface area contributed by atoms with Crippen LogP contribution < -0.4 is 10.5 Å². The zero-order valence-electron chi connectivity index (χ0n) is 11.8. The van der Waals surface area contributed by atoms with Crippen molar-refractivity contribution in [1.82, 2.24) is 4.72 Å². The Morgan fingerprint density at radius 2 is 1.95 bits per heavy atom. The number of hydrogen-bond donors (Lipinski definition) is 2. The molecule has 0 unspecified atom stereocenters. The highest BCUT2D eigenvalue weighted by Gasteiger charge is 2.39. The van der Waals surface area contributed by atoms with Crippen molar-refractivity contribution in [2.45, 2.75) is 56.9 Å². The Balaban J connectivity index is 2.35. The molecule has 1 saturated carbocycles. The highest BCUT2D eigenvalue weighted by atomic mass is 32.2. The van der Waals surface area contributed by atoms with Gasteiger partial charge in [0.25, 0.3) is 0 Å². The average molecular weight is 282 g/mol. The van der Waals surface area contributed by atoms with Gasteiger partial charge >= 0.3 is 0 Å². The first kappa shape index (κ1) is 14.3. The van der Waals surface area contributed by atoms with Crippen molar-refractivity contribution >= 4 is 15.7 Å². The van der Waals surface area contributed by atoms with Gasteiger partial charge in [-0.15, -0.1) is 0 Å². The Bertz CT molecular complexity index is 561. The summed E-state index contributed by atoms with van der Waals surface area (Å²) in [5.74, 6) is 0. The van der Waals surface area contributed by atoms with Gasteiger partial charge in [0.2, 0.25) is 10.0 Å². The Hall–Kier alpha value is -1.07. The van der Waals surface area contributed by atoms with Crippen molar-refractivity contribution in [2.75, 3.05) is 5.73 Å². The predicted molar refractivity (Wildman–Crippen MR) is 77.5 cm³/mol. The van der Waals surface area contributed by atoms with E-state index in [0.29, 0.717) is 5.69 Å². The molecule has 0 radical (unpaired) electrons. The summed E-state index contributed by atoms with van der Waals surface area (Å²) in [6.45, 7) is 5.80. The summed E-state index contributed by atoms with van der Waals surface area (Å²) < 4.78 is 27.8. The third-order valence-electron chi connectivity index (χ3n) is 4.33. The first-order chi connectivity index (χ1) is 8.80. The fraction of sp³-hybridized carbons (Fsp3) is 0.571. The molecule has 0 heterocycles. The van der Waals surface area contributed by atoms with E-state index < -0.39 is 10.0 Å². The first-order valence-corrected chi connectivity index (χ1v) is 8.19. The van der Waals surface area contributed by atoms with E-state index in [0.717, 1.165) is 36.8 Å². The van der Waals surface area contributed by atoms with Crippen LogP contribution in [-0.4, -0.2) is 14.0 Å². The third kappa shape index (κ3) is 2.62. The number of anilines is 1. The number of sulfonamides is 1. The van der Waals surface area contributed by atoms with Gasteiger partial charge < -0.3 is 5.73 Å². The van der Waals surface area contributed by atoms with E-state index in [1.807, 2.05) is 20.8 Å². The molecule has 1 aliphatic carbocycles. The second-order valence-electron chi connectivity index (χ2n) is 5.55. The molecular weight excluding hydrogens is 260 g/mol. The van der Waals surface area contributed by atoms with Gasteiger partial charge in [-0.05, 0) is 62.8 Å². The molecule has 4 nitrogen and oxygen atoms in total. The fourth-order valence-corrected chi connectivity index (χ4v) is 4.13. The normalized spacial score (nSPS) is 18.1. The molecular formula is C14H22N2O2S. The van der Waals surface area contributed by atoms with Crippen LogP contribution in [0.1, 0.15) is 43.7 Å². The minimum absolute atomic E-state index is 0.244. The van der Waals surface area contributed by atoms with Gasteiger partial charge in [0, 0.05) is 11.2 Å². The summed E-state index contributed by atoms with van der Waals surface area (Å²) in [4.78, 5) is 0.271. The second-order valence-corrected chi connectivity index (χ2v) is 7.23. The Morgan fingerprint density at radius 3 is 2.37 bits per heavy atom. The van der Waals surface area contributed by atoms with Crippen molar-refractivity contribution in [2.24, 2.45) is 0 Å². The molecule has 106 valence electrons. The summed E-state index contributed by atoms with van der Waals surface area (Å²) in [5, 5.41) is 0. The standard InChI is InChI=1S/C14H22N2O2S/c1-4-14(6-5-7-14)16-19(17,18)12-8-10(2)11(3)13(15)9-12/h8-9,16H,4-7,15H2,1-3H3. The lowest BCUT2D eigenvalue weighted by atomic mass is 9.76. The van der Waals surface area contributed by atoms with Crippen LogP contribution in [0.3, 0.4) is 0 Å². The van der Waals surface area contributed by atoms with Crippen LogP contribution >= 0.6 is 0 Å². The lowest BCUT2D eigenvalue weighted by Crippen LogP contribution is -2.52. The number of nitrogens with one attached hydrogen (secondary N) is 1. The molecule has 1 aliphatic rings. The van der Waals surface area contributed by atoms with E-state index in [1.54, 1.807) is 12.1 Å². The zero-order valence-corrected chi connectivity index (χ0v) is 12.6. The van der Waals surface area contributed by atoms with Crippen LogP contribution in [0.25, 0.3) is 0 Å². The minimum Gasteiger partial charge on any atom is -0.398 e. The number of nitrogens with two attached hydrogens (primary N) is 1. The number of aryl methyl sites for hydroxylation is 1. The Morgan fingerprint density at radius 1 is 1.32 bits per heavy atom. The van der Waals surface area contributed by atoms with Crippen LogP contribution in [0, 0.1) is 13.8 Å². The fourth-order valence-electron chi connectivity index (χ4n) is 2.48. The maximum absolute atomic E-state index is 12.4. The maximum atomic E-state index is 12.4. The summed E-state index contributed by atoms with van der Waals surface area (Å²) in [6.07, 6.45) is 3.75. The van der Waals surface area contributed by atoms with Crippen LogP contribution in [-0.2, 0) is 10.0 Å². The SMILES string of the molecule is CCC1(NS(=O)(=O)c2cc(C)c(C)c(N)c2)CCC1. The summed E-state index contributed by atoms with van der Waals surface area (Å²) >= 11 is 0. The largest absolute Gasteiger partial charge is 0.398 e. The molecule has 0 saturated heterocycles. The number of nitrogen functional groups attached to an aromatic ring is 1. The Kier molecular flexibility index (Phi) is 3.62. The van der Waals surface area contributed by atoms with E-state index >= 15 is 0 Å². The highest BCUT2D eigenvalue weighted by molar-refractivity contribution is 7.89. The van der Waals surface area contributed by atoms with E-state index in [9.17, 15) is 8.42 Å². The predicted octanol–water partition coefficient (Wildman–Crippen LogP) is 2.50. The monoisotopic (exact) mass is 282 g/mol. The van der Waals surface area contributed by atoms with Crippen molar-refractivity contribution in [1.29, 1.82) is 0 Å². The summed E-state index contributed by atoms with van der Waals surface area (Å²) in [6, 6.07) is 3.24. The van der Waals surface area contributed by atoms with E-state index in [2.05, 4.69) is 4.72 Å². The van der Waals surface area contributed by atoms with Crippen molar-refractivity contribution in [3.8, 4) is 0 Å². The summed E-state index contributed by atoms with van der Waals surface area (Å²) in [5.41, 5.74) is 7.99. The quantitative estimate of drug-likeness (QED) is 0.833. The van der Waals surface area contributed by atoms with Gasteiger partial charge in [-0.25, -0.2) is 13.1 Å². The summed E-state index contributed by atoms with van der Waals surface area (Å²) in [7, 11) is -3.48. The minimum atomic E-state index is -3.48. The molecule has 5 heteroatoms. The van der Waals surface area contributed by atoms with Crippen molar-refractivity contribution < 1.29 is 8.42 Å². The molecule has 0 aromatic heterocycles. The Labute approximate surface area is 115 Å². The second kappa shape index (κ2) is 4.80. The zero-order chi connectivity index (χ0) is 14.3. The molecule has 0 atom stereocenters. The molecule has 3 N–H and O–H groups in total. The van der Waals surface area contributed by atoms with Crippen LogP contribution in [0.4, 0.5) is 5.69 Å². The number of benzene rings is 1. The highest BCUT2D eigenvalue weighted by Crippen LogP contribution is 2.36. The van der Waals surface area contributed by atoms with Gasteiger partial charge in [0.15, 0.2) is 0 Å². The molecule has 1 aromatic carbocycles. The van der Waals surface area contributed by atoms with E-state index in [1.165, 1.54) is 0 Å². The van der Waals surface area contributed by atoms with Gasteiger partial charge in [-0.1, -0.05) is 6.92 Å². The van der Waals surface area contributed by atoms with E-state index in [4.69, 9.17) is 5.73 Å². The van der Waals surface area contributed by atoms with E-state index in [-0.39, 0.29) is 10.4 Å². The topological polar surface area (TPSA) is 72.2 Å². The van der Waals surface area contributed by atoms with Gasteiger partial charge in [0.1, 0.15) is 0 Å². The van der Waals surface area contributed by atoms with Gasteiger partial charge in [-0.2, -0.15) is 0 Å². The average Bonchev–Trinajstić information content (AvgIpc) is 2.30. The van der Waals surface area contributed by atoms with Crippen LogP contribution in [0.5, 0.6) is 0 Å². The number of hydrogen-bond acceptors (Lipinski definition) is 3. The van der Waals surface area contributed by atoms with Gasteiger partial charge in [0.05, 0.1) is 4.90 Å². The van der Waals surface area contributed by atoms with Gasteiger partial charge in [-0.3, -0.25) is 0 Å².